The van der Waals surface area contributed by atoms with Crippen LogP contribution in [0.4, 0.5) is 4.79 Å². The number of hydrogen-bond donors (Lipinski definition) is 1. The van der Waals surface area contributed by atoms with E-state index in [0.29, 0.717) is 5.56 Å². The normalized spacial score (nSPS) is 12.6. The van der Waals surface area contributed by atoms with Gasteiger partial charge in [0.15, 0.2) is 6.04 Å². The summed E-state index contributed by atoms with van der Waals surface area (Å²) in [7, 11) is 0. The molecular weight excluding hydrogens is 418 g/mol. The fourth-order valence-electron chi connectivity index (χ4n) is 1.88. The number of aliphatic carboxylic acids is 1. The lowest BCUT2D eigenvalue weighted by Gasteiger charge is -2.31. The van der Waals surface area contributed by atoms with Gasteiger partial charge >= 0.3 is 12.1 Å². The van der Waals surface area contributed by atoms with Gasteiger partial charge in [0.1, 0.15) is 5.60 Å². The van der Waals surface area contributed by atoms with Gasteiger partial charge in [-0.3, -0.25) is 4.90 Å². The highest BCUT2D eigenvalue weighted by molar-refractivity contribution is 9.13. The Kier molecular flexibility index (Phi) is 6.43. The number of likely N-dealkylation sites (N-methyl/N-ethyl adjacent to an activating group) is 1. The van der Waals surface area contributed by atoms with Gasteiger partial charge in [0.2, 0.25) is 0 Å². The summed E-state index contributed by atoms with van der Waals surface area (Å²) in [5.41, 5.74) is -0.191. The van der Waals surface area contributed by atoms with Crippen LogP contribution in [0.25, 0.3) is 0 Å². The summed E-state index contributed by atoms with van der Waals surface area (Å²) in [4.78, 5) is 25.2. The van der Waals surface area contributed by atoms with Crippen molar-refractivity contribution in [3.63, 3.8) is 0 Å². The van der Waals surface area contributed by atoms with Crippen molar-refractivity contribution in [1.29, 1.82) is 0 Å². The number of carboxylic acids is 1. The molecule has 0 aliphatic rings. The summed E-state index contributed by atoms with van der Waals surface area (Å²) in [6.45, 7) is 7.16. The minimum absolute atomic E-state index is 0.222. The van der Waals surface area contributed by atoms with Gasteiger partial charge < -0.3 is 9.84 Å². The van der Waals surface area contributed by atoms with Gasteiger partial charge in [-0.25, -0.2) is 9.59 Å². The minimum atomic E-state index is -1.11. The maximum Gasteiger partial charge on any atom is 0.411 e. The highest BCUT2D eigenvalue weighted by Gasteiger charge is 2.33. The monoisotopic (exact) mass is 435 g/mol. The highest BCUT2D eigenvalue weighted by atomic mass is 79.9. The van der Waals surface area contributed by atoms with Crippen LogP contribution in [0.3, 0.4) is 0 Å². The van der Waals surface area contributed by atoms with Gasteiger partial charge in [0, 0.05) is 15.5 Å². The standard InChI is InChI=1S/C15H19Br2NO4/c1-5-18(14(21)22-15(2,3)4)12(13(19)20)9-6-7-10(16)11(17)8-9/h6-8,12H,5H2,1-4H3,(H,19,20). The third-order valence-corrected chi connectivity index (χ3v) is 4.65. The molecule has 0 heterocycles. The van der Waals surface area contributed by atoms with Crippen molar-refractivity contribution in [2.45, 2.75) is 39.3 Å². The molecule has 0 fully saturated rings. The quantitative estimate of drug-likeness (QED) is 0.749. The first-order valence-corrected chi connectivity index (χ1v) is 8.32. The fraction of sp³-hybridized carbons (Fsp3) is 0.467. The van der Waals surface area contributed by atoms with Gasteiger partial charge in [0.25, 0.3) is 0 Å². The number of carboxylic acid groups (broad SMARTS) is 1. The number of hydrogen-bond acceptors (Lipinski definition) is 3. The van der Waals surface area contributed by atoms with Crippen molar-refractivity contribution in [2.24, 2.45) is 0 Å². The third-order valence-electron chi connectivity index (χ3n) is 2.77. The maximum absolute atomic E-state index is 12.3. The van der Waals surface area contributed by atoms with E-state index in [1.807, 2.05) is 0 Å². The Labute approximate surface area is 146 Å². The van der Waals surface area contributed by atoms with Crippen LogP contribution >= 0.6 is 31.9 Å². The lowest BCUT2D eigenvalue weighted by molar-refractivity contribution is -0.143. The van der Waals surface area contributed by atoms with Crippen LogP contribution in [-0.4, -0.2) is 34.2 Å². The molecule has 7 heteroatoms. The molecule has 1 N–H and O–H groups in total. The van der Waals surface area contributed by atoms with E-state index < -0.39 is 23.7 Å². The van der Waals surface area contributed by atoms with E-state index in [4.69, 9.17) is 4.74 Å². The third kappa shape index (κ3) is 4.98. The van der Waals surface area contributed by atoms with E-state index in [9.17, 15) is 14.7 Å². The van der Waals surface area contributed by atoms with Crippen LogP contribution in [-0.2, 0) is 9.53 Å². The van der Waals surface area contributed by atoms with Crippen LogP contribution in [0.2, 0.25) is 0 Å². The molecular formula is C15H19Br2NO4. The van der Waals surface area contributed by atoms with E-state index in [-0.39, 0.29) is 6.54 Å². The predicted molar refractivity (Wildman–Crippen MR) is 90.8 cm³/mol. The summed E-state index contributed by atoms with van der Waals surface area (Å²) < 4.78 is 6.83. The van der Waals surface area contributed by atoms with Gasteiger partial charge in [-0.15, -0.1) is 0 Å². The van der Waals surface area contributed by atoms with E-state index in [2.05, 4.69) is 31.9 Å². The van der Waals surface area contributed by atoms with Crippen LogP contribution in [0, 0.1) is 0 Å². The molecule has 0 aliphatic heterocycles. The Hall–Kier alpha value is -1.08. The fourth-order valence-corrected chi connectivity index (χ4v) is 2.52. The molecule has 0 aliphatic carbocycles. The lowest BCUT2D eigenvalue weighted by atomic mass is 10.1. The molecule has 122 valence electrons. The number of ether oxygens (including phenoxy) is 1. The van der Waals surface area contributed by atoms with E-state index in [0.717, 1.165) is 8.95 Å². The summed E-state index contributed by atoms with van der Waals surface area (Å²) in [6.07, 6.45) is -0.651. The van der Waals surface area contributed by atoms with Crippen molar-refractivity contribution < 1.29 is 19.4 Å². The van der Waals surface area contributed by atoms with Crippen molar-refractivity contribution in [3.05, 3.63) is 32.7 Å². The minimum Gasteiger partial charge on any atom is -0.479 e. The smallest absolute Gasteiger partial charge is 0.411 e. The molecule has 1 aromatic carbocycles. The average Bonchev–Trinajstić information content (AvgIpc) is 2.36. The van der Waals surface area contributed by atoms with E-state index in [1.54, 1.807) is 45.9 Å². The van der Waals surface area contributed by atoms with Gasteiger partial charge in [-0.2, -0.15) is 0 Å². The van der Waals surface area contributed by atoms with Crippen LogP contribution < -0.4 is 0 Å². The molecule has 0 spiro atoms. The van der Waals surface area contributed by atoms with Crippen LogP contribution in [0.1, 0.15) is 39.3 Å². The number of rotatable bonds is 4. The first-order valence-electron chi connectivity index (χ1n) is 6.74. The number of carbonyl (C=O) groups excluding carboxylic acids is 1. The highest BCUT2D eigenvalue weighted by Crippen LogP contribution is 2.30. The first kappa shape index (κ1) is 19.0. The van der Waals surface area contributed by atoms with E-state index in [1.165, 1.54) is 4.90 Å². The largest absolute Gasteiger partial charge is 0.479 e. The van der Waals surface area contributed by atoms with E-state index >= 15 is 0 Å². The number of halogens is 2. The Morgan fingerprint density at radius 3 is 2.27 bits per heavy atom. The predicted octanol–water partition coefficient (Wildman–Crippen LogP) is 4.59. The molecule has 0 saturated heterocycles. The topological polar surface area (TPSA) is 66.8 Å². The van der Waals surface area contributed by atoms with Crippen LogP contribution in [0.15, 0.2) is 27.1 Å². The molecule has 0 bridgehead atoms. The molecule has 1 amide bonds. The lowest BCUT2D eigenvalue weighted by Crippen LogP contribution is -2.42. The Morgan fingerprint density at radius 1 is 1.27 bits per heavy atom. The summed E-state index contributed by atoms with van der Waals surface area (Å²) in [5.74, 6) is -1.11. The number of benzene rings is 1. The molecule has 5 nitrogen and oxygen atoms in total. The average molecular weight is 437 g/mol. The molecule has 1 rings (SSSR count). The summed E-state index contributed by atoms with van der Waals surface area (Å²) in [5, 5.41) is 9.56. The Morgan fingerprint density at radius 2 is 1.86 bits per heavy atom. The molecule has 22 heavy (non-hydrogen) atoms. The zero-order valence-corrected chi connectivity index (χ0v) is 16.1. The Bertz CT molecular complexity index is 569. The van der Waals surface area contributed by atoms with Crippen molar-refractivity contribution in [3.8, 4) is 0 Å². The summed E-state index contributed by atoms with van der Waals surface area (Å²) >= 11 is 6.68. The second kappa shape index (κ2) is 7.46. The maximum atomic E-state index is 12.3. The van der Waals surface area contributed by atoms with Crippen molar-refractivity contribution in [1.82, 2.24) is 4.90 Å². The van der Waals surface area contributed by atoms with Crippen LogP contribution in [0.5, 0.6) is 0 Å². The number of nitrogens with zero attached hydrogens (tertiary/aromatic N) is 1. The second-order valence-corrected chi connectivity index (χ2v) is 7.39. The van der Waals surface area contributed by atoms with Gasteiger partial charge in [-0.05, 0) is 77.3 Å². The zero-order chi connectivity index (χ0) is 17.1. The molecule has 0 aromatic heterocycles. The first-order chi connectivity index (χ1) is 10.1. The molecule has 0 radical (unpaired) electrons. The van der Waals surface area contributed by atoms with Crippen molar-refractivity contribution in [2.75, 3.05) is 6.54 Å². The van der Waals surface area contributed by atoms with Gasteiger partial charge in [0.05, 0.1) is 0 Å². The molecule has 1 atom stereocenters. The number of carbonyl (C=O) groups is 2. The SMILES string of the molecule is CCN(C(=O)OC(C)(C)C)C(C(=O)O)c1ccc(Br)c(Br)c1. The van der Waals surface area contributed by atoms with Gasteiger partial charge in [-0.1, -0.05) is 6.07 Å². The number of amides is 1. The zero-order valence-electron chi connectivity index (χ0n) is 12.9. The molecule has 1 aromatic rings. The molecule has 0 saturated carbocycles. The molecule has 1 unspecified atom stereocenters. The Balaban J connectivity index is 3.18. The van der Waals surface area contributed by atoms with Crippen molar-refractivity contribution >= 4 is 43.9 Å². The second-order valence-electron chi connectivity index (χ2n) is 5.68. The summed E-state index contributed by atoms with van der Waals surface area (Å²) in [6, 6.07) is 3.97.